The molecule has 4 atom stereocenters. The van der Waals surface area contributed by atoms with Crippen LogP contribution in [-0.4, -0.2) is 25.6 Å². The van der Waals surface area contributed by atoms with E-state index >= 15 is 0 Å². The number of sulfonamides is 1. The van der Waals surface area contributed by atoms with Gasteiger partial charge >= 0.3 is 5.97 Å². The standard InChI is InChI=1S/C27H28BrNO5S/c28-19-8-6-10-21(16-19)35(32,33)29-20-9-5-7-18(15-20)24(17-13-14-17)25-26(30)22-11-3-1-2-4-12-23(22)34-27(25)31/h2,4-10,12,15-17,22,24-26,29-30H,1,3,11,13-14H2. The van der Waals surface area contributed by atoms with Crippen molar-refractivity contribution < 1.29 is 23.1 Å². The summed E-state index contributed by atoms with van der Waals surface area (Å²) in [6.07, 6.45) is 9.41. The first-order valence-electron chi connectivity index (χ1n) is 12.0. The molecule has 0 aromatic heterocycles. The number of aliphatic hydroxyl groups is 1. The molecule has 2 aromatic carbocycles. The third-order valence-electron chi connectivity index (χ3n) is 7.07. The fourth-order valence-electron chi connectivity index (χ4n) is 5.25. The molecule has 35 heavy (non-hydrogen) atoms. The maximum Gasteiger partial charge on any atom is 0.317 e. The zero-order chi connectivity index (χ0) is 24.6. The van der Waals surface area contributed by atoms with E-state index < -0.39 is 28.0 Å². The highest BCUT2D eigenvalue weighted by Gasteiger charge is 2.50. The van der Waals surface area contributed by atoms with Gasteiger partial charge in [0.05, 0.1) is 16.9 Å². The number of rotatable bonds is 6. The second-order valence-electron chi connectivity index (χ2n) is 9.52. The molecular formula is C27H28BrNO5S. The second kappa shape index (κ2) is 9.91. The van der Waals surface area contributed by atoms with Crippen LogP contribution in [0.4, 0.5) is 5.69 Å². The molecule has 0 bridgehead atoms. The van der Waals surface area contributed by atoms with Crippen LogP contribution in [0.5, 0.6) is 0 Å². The van der Waals surface area contributed by atoms with E-state index in [4.69, 9.17) is 4.74 Å². The van der Waals surface area contributed by atoms with Gasteiger partial charge in [-0.2, -0.15) is 0 Å². The summed E-state index contributed by atoms with van der Waals surface area (Å²) in [5.74, 6) is -0.772. The SMILES string of the molecule is O=C1OC2=CC=CCCCC2C(O)C1C(c1cccc(NS(=O)(=O)c2cccc(Br)c2)c1)C1CC1. The van der Waals surface area contributed by atoms with Gasteiger partial charge in [-0.15, -0.1) is 0 Å². The molecule has 8 heteroatoms. The number of carbonyl (C=O) groups is 1. The number of esters is 1. The zero-order valence-electron chi connectivity index (χ0n) is 19.1. The average Bonchev–Trinajstić information content (AvgIpc) is 3.63. The predicted octanol–water partition coefficient (Wildman–Crippen LogP) is 5.52. The zero-order valence-corrected chi connectivity index (χ0v) is 21.5. The Balaban J connectivity index is 1.44. The minimum absolute atomic E-state index is 0.153. The van der Waals surface area contributed by atoms with Crippen LogP contribution in [0.2, 0.25) is 0 Å². The highest BCUT2D eigenvalue weighted by atomic mass is 79.9. The summed E-state index contributed by atoms with van der Waals surface area (Å²) in [5.41, 5.74) is 1.25. The summed E-state index contributed by atoms with van der Waals surface area (Å²) in [5, 5.41) is 11.4. The Bertz CT molecular complexity index is 1280. The summed E-state index contributed by atoms with van der Waals surface area (Å²) in [4.78, 5) is 13.3. The third kappa shape index (κ3) is 5.25. The van der Waals surface area contributed by atoms with Gasteiger partial charge in [0.2, 0.25) is 0 Å². The lowest BCUT2D eigenvalue weighted by molar-refractivity contribution is -0.160. The molecule has 0 amide bonds. The van der Waals surface area contributed by atoms with Crippen LogP contribution in [0, 0.1) is 17.8 Å². The van der Waals surface area contributed by atoms with Crippen LogP contribution in [0.3, 0.4) is 0 Å². The molecule has 2 aliphatic carbocycles. The maximum absolute atomic E-state index is 13.2. The maximum atomic E-state index is 13.2. The van der Waals surface area contributed by atoms with Crippen LogP contribution in [-0.2, 0) is 19.6 Å². The van der Waals surface area contributed by atoms with Gasteiger partial charge in [0.15, 0.2) is 0 Å². The number of halogens is 1. The number of benzene rings is 2. The summed E-state index contributed by atoms with van der Waals surface area (Å²) in [6, 6.07) is 13.7. The van der Waals surface area contributed by atoms with Crippen LogP contribution in [0.25, 0.3) is 0 Å². The molecule has 1 saturated heterocycles. The number of nitrogens with one attached hydrogen (secondary N) is 1. The number of aliphatic hydroxyl groups excluding tert-OH is 1. The van der Waals surface area contributed by atoms with Gasteiger partial charge < -0.3 is 9.84 Å². The molecule has 6 nitrogen and oxygen atoms in total. The van der Waals surface area contributed by atoms with E-state index in [1.54, 1.807) is 42.5 Å². The molecule has 2 aromatic rings. The summed E-state index contributed by atoms with van der Waals surface area (Å²) >= 11 is 3.32. The Kier molecular flexibility index (Phi) is 6.88. The summed E-state index contributed by atoms with van der Waals surface area (Å²) < 4.78 is 35.0. The Morgan fingerprint density at radius 1 is 1.09 bits per heavy atom. The molecule has 184 valence electrons. The van der Waals surface area contributed by atoms with Gasteiger partial charge in [0.1, 0.15) is 5.76 Å². The van der Waals surface area contributed by atoms with Crippen molar-refractivity contribution in [3.05, 3.63) is 82.6 Å². The smallest absolute Gasteiger partial charge is 0.317 e. The van der Waals surface area contributed by atoms with E-state index in [0.717, 1.165) is 37.7 Å². The Hall–Kier alpha value is -2.42. The van der Waals surface area contributed by atoms with Crippen molar-refractivity contribution in [2.24, 2.45) is 17.8 Å². The normalized spacial score (nSPS) is 25.5. The predicted molar refractivity (Wildman–Crippen MR) is 137 cm³/mol. The lowest BCUT2D eigenvalue weighted by Gasteiger charge is -2.39. The number of hydrogen-bond acceptors (Lipinski definition) is 5. The number of allylic oxidation sites excluding steroid dienone is 3. The molecule has 0 radical (unpaired) electrons. The molecule has 2 fully saturated rings. The molecule has 0 spiro atoms. The van der Waals surface area contributed by atoms with Crippen LogP contribution in [0.15, 0.2) is 81.9 Å². The minimum Gasteiger partial charge on any atom is -0.430 e. The van der Waals surface area contributed by atoms with Crippen molar-refractivity contribution in [1.29, 1.82) is 0 Å². The van der Waals surface area contributed by atoms with Crippen molar-refractivity contribution in [2.45, 2.75) is 49.0 Å². The van der Waals surface area contributed by atoms with Crippen molar-refractivity contribution >= 4 is 37.6 Å². The topological polar surface area (TPSA) is 92.7 Å². The van der Waals surface area contributed by atoms with Crippen LogP contribution < -0.4 is 4.72 Å². The molecule has 1 saturated carbocycles. The minimum atomic E-state index is -3.79. The highest BCUT2D eigenvalue weighted by molar-refractivity contribution is 9.10. The van der Waals surface area contributed by atoms with E-state index in [2.05, 4.69) is 20.7 Å². The highest BCUT2D eigenvalue weighted by Crippen LogP contribution is 2.51. The number of carbonyl (C=O) groups excluding carboxylic acids is 1. The number of fused-ring (bicyclic) bond motifs is 1. The first-order valence-corrected chi connectivity index (χ1v) is 14.3. The van der Waals surface area contributed by atoms with E-state index in [1.807, 2.05) is 18.2 Å². The molecular weight excluding hydrogens is 530 g/mol. The van der Waals surface area contributed by atoms with Gasteiger partial charge in [0, 0.05) is 22.0 Å². The van der Waals surface area contributed by atoms with Gasteiger partial charge in [-0.05, 0) is 80.0 Å². The van der Waals surface area contributed by atoms with E-state index in [0.29, 0.717) is 15.9 Å². The van der Waals surface area contributed by atoms with E-state index in [1.165, 1.54) is 6.07 Å². The largest absolute Gasteiger partial charge is 0.430 e. The molecule has 1 heterocycles. The third-order valence-corrected chi connectivity index (χ3v) is 8.94. The van der Waals surface area contributed by atoms with Gasteiger partial charge in [-0.25, -0.2) is 8.42 Å². The fraction of sp³-hybridized carbons (Fsp3) is 0.370. The molecule has 1 aliphatic heterocycles. The molecule has 5 rings (SSSR count). The average molecular weight is 558 g/mol. The van der Waals surface area contributed by atoms with Crippen LogP contribution >= 0.6 is 15.9 Å². The fourth-order valence-corrected chi connectivity index (χ4v) is 6.89. The Morgan fingerprint density at radius 2 is 1.89 bits per heavy atom. The van der Waals surface area contributed by atoms with Gasteiger partial charge in [-0.1, -0.05) is 46.3 Å². The van der Waals surface area contributed by atoms with Crippen molar-refractivity contribution in [3.8, 4) is 0 Å². The molecule has 4 unspecified atom stereocenters. The lowest BCUT2D eigenvalue weighted by Crippen LogP contribution is -2.45. The molecule has 2 N–H and O–H groups in total. The lowest BCUT2D eigenvalue weighted by atomic mass is 9.72. The van der Waals surface area contributed by atoms with Gasteiger partial charge in [-0.3, -0.25) is 9.52 Å². The number of anilines is 1. The van der Waals surface area contributed by atoms with E-state index in [-0.39, 0.29) is 22.6 Å². The van der Waals surface area contributed by atoms with Crippen molar-refractivity contribution in [2.75, 3.05) is 4.72 Å². The Labute approximate surface area is 214 Å². The van der Waals surface area contributed by atoms with Crippen molar-refractivity contribution in [3.63, 3.8) is 0 Å². The van der Waals surface area contributed by atoms with Crippen molar-refractivity contribution in [1.82, 2.24) is 0 Å². The Morgan fingerprint density at radius 3 is 2.66 bits per heavy atom. The first-order chi connectivity index (χ1) is 16.8. The second-order valence-corrected chi connectivity index (χ2v) is 12.1. The molecule has 3 aliphatic rings. The van der Waals surface area contributed by atoms with E-state index in [9.17, 15) is 18.3 Å². The number of hydrogen-bond donors (Lipinski definition) is 2. The first kappa shape index (κ1) is 24.3. The number of ether oxygens (including phenoxy) is 1. The summed E-state index contributed by atoms with van der Waals surface area (Å²) in [7, 11) is -3.79. The van der Waals surface area contributed by atoms with Gasteiger partial charge in [0.25, 0.3) is 10.0 Å². The quantitative estimate of drug-likeness (QED) is 0.456. The van der Waals surface area contributed by atoms with Crippen LogP contribution in [0.1, 0.15) is 43.6 Å². The summed E-state index contributed by atoms with van der Waals surface area (Å²) in [6.45, 7) is 0. The monoisotopic (exact) mass is 557 g/mol.